The number of rotatable bonds is 3. The molecule has 2 aliphatic rings. The number of nitrogens with zero attached hydrogens (tertiary/aromatic N) is 1. The molecule has 1 spiro atoms. The number of urea groups is 1. The monoisotopic (exact) mass is 336 g/mol. The normalized spacial score (nSPS) is 22.0. The van der Waals surface area contributed by atoms with Crippen LogP contribution in [-0.2, 0) is 24.2 Å². The molecule has 5 nitrogen and oxygen atoms in total. The van der Waals surface area contributed by atoms with Crippen LogP contribution in [0.1, 0.15) is 23.1 Å². The van der Waals surface area contributed by atoms with E-state index < -0.39 is 5.54 Å². The summed E-state index contributed by atoms with van der Waals surface area (Å²) in [6.07, 6.45) is 2.00. The lowest BCUT2D eigenvalue weighted by Gasteiger charge is -2.32. The molecule has 1 aliphatic heterocycles. The maximum Gasteiger partial charge on any atom is 0.325 e. The van der Waals surface area contributed by atoms with E-state index in [2.05, 4.69) is 11.4 Å². The van der Waals surface area contributed by atoms with Crippen molar-refractivity contribution in [1.29, 1.82) is 0 Å². The standard InChI is InChI=1S/C20H20N2O3/c1-25-17-8-4-5-14(11-17)13-22-18(23)20(21-19(22)24)10-9-15-6-2-3-7-16(15)12-20/h2-8,11H,9-10,12-13H2,1H3,(H,21,24). The third-order valence-electron chi connectivity index (χ3n) is 5.15. The van der Waals surface area contributed by atoms with Gasteiger partial charge in [0.1, 0.15) is 11.3 Å². The van der Waals surface area contributed by atoms with Crippen LogP contribution in [0.25, 0.3) is 0 Å². The summed E-state index contributed by atoms with van der Waals surface area (Å²) in [5.41, 5.74) is 2.48. The van der Waals surface area contributed by atoms with Crippen LogP contribution in [0.15, 0.2) is 48.5 Å². The quantitative estimate of drug-likeness (QED) is 0.877. The molecule has 0 radical (unpaired) electrons. The Hall–Kier alpha value is -2.82. The summed E-state index contributed by atoms with van der Waals surface area (Å²) in [5, 5.41) is 2.97. The average molecular weight is 336 g/mol. The number of amides is 3. The summed E-state index contributed by atoms with van der Waals surface area (Å²) in [7, 11) is 1.60. The minimum absolute atomic E-state index is 0.130. The van der Waals surface area contributed by atoms with Crippen LogP contribution in [-0.4, -0.2) is 29.5 Å². The second-order valence-electron chi connectivity index (χ2n) is 6.70. The molecule has 5 heteroatoms. The number of carbonyl (C=O) groups is 2. The number of aryl methyl sites for hydroxylation is 1. The van der Waals surface area contributed by atoms with Gasteiger partial charge in [-0.05, 0) is 41.7 Å². The zero-order chi connectivity index (χ0) is 17.4. The molecule has 1 atom stereocenters. The fraction of sp³-hybridized carbons (Fsp3) is 0.300. The largest absolute Gasteiger partial charge is 0.497 e. The summed E-state index contributed by atoms with van der Waals surface area (Å²) in [6.45, 7) is 0.255. The van der Waals surface area contributed by atoms with E-state index in [9.17, 15) is 9.59 Å². The van der Waals surface area contributed by atoms with Crippen LogP contribution in [0, 0.1) is 0 Å². The van der Waals surface area contributed by atoms with Gasteiger partial charge in [-0.25, -0.2) is 4.79 Å². The Bertz CT molecular complexity index is 848. The first-order chi connectivity index (χ1) is 12.1. The summed E-state index contributed by atoms with van der Waals surface area (Å²) in [5.74, 6) is 0.584. The zero-order valence-corrected chi connectivity index (χ0v) is 14.1. The minimum atomic E-state index is -0.801. The topological polar surface area (TPSA) is 58.6 Å². The van der Waals surface area contributed by atoms with Gasteiger partial charge >= 0.3 is 6.03 Å². The molecular formula is C20H20N2O3. The highest BCUT2D eigenvalue weighted by atomic mass is 16.5. The fourth-order valence-electron chi connectivity index (χ4n) is 3.80. The molecule has 1 saturated heterocycles. The van der Waals surface area contributed by atoms with Gasteiger partial charge < -0.3 is 10.1 Å². The third-order valence-corrected chi connectivity index (χ3v) is 5.15. The predicted molar refractivity (Wildman–Crippen MR) is 93.3 cm³/mol. The maximum absolute atomic E-state index is 13.1. The molecule has 128 valence electrons. The van der Waals surface area contributed by atoms with Crippen LogP contribution in [0.3, 0.4) is 0 Å². The number of fused-ring (bicyclic) bond motifs is 1. The molecule has 2 aromatic rings. The number of imide groups is 1. The number of carbonyl (C=O) groups excluding carboxylic acids is 2. The second kappa shape index (κ2) is 5.92. The highest BCUT2D eigenvalue weighted by Gasteiger charge is 2.52. The molecule has 1 heterocycles. The first-order valence-corrected chi connectivity index (χ1v) is 8.45. The first kappa shape index (κ1) is 15.7. The van der Waals surface area contributed by atoms with Gasteiger partial charge in [0, 0.05) is 6.42 Å². The van der Waals surface area contributed by atoms with E-state index in [0.29, 0.717) is 18.6 Å². The van der Waals surface area contributed by atoms with Gasteiger partial charge in [-0.1, -0.05) is 36.4 Å². The Morgan fingerprint density at radius 2 is 1.92 bits per heavy atom. The van der Waals surface area contributed by atoms with E-state index in [4.69, 9.17) is 4.74 Å². The Balaban J connectivity index is 1.58. The fourth-order valence-corrected chi connectivity index (χ4v) is 3.80. The van der Waals surface area contributed by atoms with Crippen molar-refractivity contribution in [2.75, 3.05) is 7.11 Å². The zero-order valence-electron chi connectivity index (χ0n) is 14.1. The van der Waals surface area contributed by atoms with Crippen LogP contribution in [0.2, 0.25) is 0 Å². The molecule has 0 saturated carbocycles. The lowest BCUT2D eigenvalue weighted by atomic mass is 9.78. The van der Waals surface area contributed by atoms with Gasteiger partial charge in [0.05, 0.1) is 13.7 Å². The molecule has 0 aromatic heterocycles. The SMILES string of the molecule is COc1cccc(CN2C(=O)NC3(CCc4ccccc4C3)C2=O)c1. The second-order valence-corrected chi connectivity index (χ2v) is 6.70. The minimum Gasteiger partial charge on any atom is -0.497 e. The van der Waals surface area contributed by atoms with Crippen molar-refractivity contribution in [3.63, 3.8) is 0 Å². The van der Waals surface area contributed by atoms with Gasteiger partial charge in [0.2, 0.25) is 0 Å². The van der Waals surface area contributed by atoms with Gasteiger partial charge in [0.25, 0.3) is 5.91 Å². The van der Waals surface area contributed by atoms with Crippen LogP contribution < -0.4 is 10.1 Å². The van der Waals surface area contributed by atoms with E-state index in [1.807, 2.05) is 42.5 Å². The van der Waals surface area contributed by atoms with E-state index in [-0.39, 0.29) is 18.5 Å². The maximum atomic E-state index is 13.1. The van der Waals surface area contributed by atoms with Crippen LogP contribution in [0.4, 0.5) is 4.79 Å². The smallest absolute Gasteiger partial charge is 0.325 e. The van der Waals surface area contributed by atoms with Crippen molar-refractivity contribution < 1.29 is 14.3 Å². The summed E-state index contributed by atoms with van der Waals surface area (Å²) >= 11 is 0. The van der Waals surface area contributed by atoms with Gasteiger partial charge in [-0.2, -0.15) is 0 Å². The van der Waals surface area contributed by atoms with E-state index >= 15 is 0 Å². The summed E-state index contributed by atoms with van der Waals surface area (Å²) in [6, 6.07) is 15.3. The van der Waals surface area contributed by atoms with Crippen molar-refractivity contribution in [1.82, 2.24) is 10.2 Å². The lowest BCUT2D eigenvalue weighted by molar-refractivity contribution is -0.132. The lowest BCUT2D eigenvalue weighted by Crippen LogP contribution is -2.51. The Labute approximate surface area is 146 Å². The third kappa shape index (κ3) is 2.65. The predicted octanol–water partition coefficient (Wildman–Crippen LogP) is 2.67. The highest BCUT2D eigenvalue weighted by Crippen LogP contribution is 2.34. The van der Waals surface area contributed by atoms with E-state index in [0.717, 1.165) is 17.5 Å². The molecule has 4 rings (SSSR count). The molecular weight excluding hydrogens is 316 g/mol. The molecule has 25 heavy (non-hydrogen) atoms. The highest BCUT2D eigenvalue weighted by molar-refractivity contribution is 6.07. The number of nitrogens with one attached hydrogen (secondary N) is 1. The number of ether oxygens (including phenoxy) is 1. The van der Waals surface area contributed by atoms with Gasteiger partial charge in [-0.15, -0.1) is 0 Å². The van der Waals surface area contributed by atoms with E-state index in [1.165, 1.54) is 10.5 Å². The average Bonchev–Trinajstić information content (AvgIpc) is 2.86. The molecule has 3 amide bonds. The van der Waals surface area contributed by atoms with Crippen molar-refractivity contribution in [2.45, 2.75) is 31.3 Å². The molecule has 0 bridgehead atoms. The molecule has 1 aliphatic carbocycles. The Kier molecular flexibility index (Phi) is 3.71. The number of benzene rings is 2. The molecule has 1 fully saturated rings. The summed E-state index contributed by atoms with van der Waals surface area (Å²) in [4.78, 5) is 26.9. The number of methoxy groups -OCH3 is 1. The van der Waals surface area contributed by atoms with Crippen LogP contribution >= 0.6 is 0 Å². The van der Waals surface area contributed by atoms with Gasteiger partial charge in [0.15, 0.2) is 0 Å². The van der Waals surface area contributed by atoms with Crippen molar-refractivity contribution in [3.05, 3.63) is 65.2 Å². The summed E-state index contributed by atoms with van der Waals surface area (Å²) < 4.78 is 5.22. The van der Waals surface area contributed by atoms with Crippen molar-refractivity contribution >= 4 is 11.9 Å². The number of hydrogen-bond donors (Lipinski definition) is 1. The molecule has 2 aromatic carbocycles. The van der Waals surface area contributed by atoms with Gasteiger partial charge in [-0.3, -0.25) is 9.69 Å². The molecule has 1 unspecified atom stereocenters. The first-order valence-electron chi connectivity index (χ1n) is 8.45. The Morgan fingerprint density at radius 3 is 2.72 bits per heavy atom. The van der Waals surface area contributed by atoms with Crippen LogP contribution in [0.5, 0.6) is 5.75 Å². The Morgan fingerprint density at radius 1 is 1.12 bits per heavy atom. The van der Waals surface area contributed by atoms with E-state index in [1.54, 1.807) is 7.11 Å². The molecule has 1 N–H and O–H groups in total. The number of hydrogen-bond acceptors (Lipinski definition) is 3. The van der Waals surface area contributed by atoms with Crippen molar-refractivity contribution in [3.8, 4) is 5.75 Å². The van der Waals surface area contributed by atoms with Crippen molar-refractivity contribution in [2.24, 2.45) is 0 Å².